The first-order chi connectivity index (χ1) is 23.9. The summed E-state index contributed by atoms with van der Waals surface area (Å²) >= 11 is 0. The van der Waals surface area contributed by atoms with Crippen molar-refractivity contribution in [3.05, 3.63) is 99.9 Å². The molecule has 262 valence electrons. The number of carbonyl (C=O) groups excluding carboxylic acids is 5. The molecule has 4 N–H and O–H groups in total. The summed E-state index contributed by atoms with van der Waals surface area (Å²) in [7, 11) is 1.47. The van der Waals surface area contributed by atoms with Crippen LogP contribution in [0.25, 0.3) is 10.9 Å². The molecule has 14 nitrogen and oxygen atoms in total. The van der Waals surface area contributed by atoms with Gasteiger partial charge in [0.1, 0.15) is 24.7 Å². The van der Waals surface area contributed by atoms with E-state index in [4.69, 9.17) is 0 Å². The van der Waals surface area contributed by atoms with Crippen LogP contribution in [-0.2, 0) is 43.4 Å². The molecule has 0 saturated carbocycles. The van der Waals surface area contributed by atoms with Gasteiger partial charge in [0.2, 0.25) is 29.5 Å². The third-order valence-corrected chi connectivity index (χ3v) is 8.96. The maximum atomic E-state index is 14.1. The van der Waals surface area contributed by atoms with Gasteiger partial charge >= 0.3 is 5.69 Å². The van der Waals surface area contributed by atoms with Crippen LogP contribution in [0, 0.1) is 13.8 Å². The van der Waals surface area contributed by atoms with E-state index in [9.17, 15) is 28.8 Å². The Morgan fingerprint density at radius 1 is 0.900 bits per heavy atom. The summed E-state index contributed by atoms with van der Waals surface area (Å²) in [6.07, 6.45) is 2.05. The molecule has 0 aliphatic carbocycles. The standard InChI is InChI=1S/C36H42N8O6/c1-22-16-23(2)44(36(50)39-22)21-32(46)43-15-14-37-34(48)29(17-25-10-6-5-7-11-25)41-33(47)24(3)42(4)35(49)30(40-31(45)20-43)18-26-19-38-28-13-9-8-12-27(26)28/h5-13,16,19,24,29-30,38H,14-15,17-18,20-21H2,1-4H3,(H,37,48)(H,40,45)(H,41,47)/t24-,29-,30-/m0/s1. The van der Waals surface area contributed by atoms with Gasteiger partial charge in [0.15, 0.2) is 0 Å². The van der Waals surface area contributed by atoms with E-state index in [1.54, 1.807) is 33.0 Å². The number of amides is 5. The molecule has 3 heterocycles. The first kappa shape index (κ1) is 35.5. The Hall–Kier alpha value is -5.79. The second-order valence-corrected chi connectivity index (χ2v) is 12.6. The molecule has 2 aromatic carbocycles. The summed E-state index contributed by atoms with van der Waals surface area (Å²) in [5.41, 5.74) is 2.86. The lowest BCUT2D eigenvalue weighted by molar-refractivity contribution is -0.142. The van der Waals surface area contributed by atoms with Crippen molar-refractivity contribution in [3.8, 4) is 0 Å². The Morgan fingerprint density at radius 2 is 1.62 bits per heavy atom. The molecule has 1 saturated heterocycles. The lowest BCUT2D eigenvalue weighted by Gasteiger charge is -2.30. The van der Waals surface area contributed by atoms with Crippen LogP contribution in [0.15, 0.2) is 71.7 Å². The number of hydrogen-bond donors (Lipinski definition) is 4. The molecule has 0 bridgehead atoms. The fourth-order valence-corrected chi connectivity index (χ4v) is 6.03. The lowest BCUT2D eigenvalue weighted by Crippen LogP contribution is -2.57. The molecule has 1 aliphatic rings. The highest BCUT2D eigenvalue weighted by Gasteiger charge is 2.33. The van der Waals surface area contributed by atoms with Crippen molar-refractivity contribution in [1.82, 2.24) is 40.3 Å². The molecule has 3 atom stereocenters. The number of likely N-dealkylation sites (N-methyl/N-ethyl adjacent to an activating group) is 1. The molecular formula is C36H42N8O6. The van der Waals surface area contributed by atoms with E-state index in [2.05, 4.69) is 25.9 Å². The van der Waals surface area contributed by atoms with Gasteiger partial charge in [-0.2, -0.15) is 4.98 Å². The van der Waals surface area contributed by atoms with Gasteiger partial charge in [-0.05, 0) is 44.0 Å². The second kappa shape index (κ2) is 15.6. The van der Waals surface area contributed by atoms with Gasteiger partial charge in [0.05, 0.1) is 6.54 Å². The van der Waals surface area contributed by atoms with E-state index < -0.39 is 59.9 Å². The second-order valence-electron chi connectivity index (χ2n) is 12.6. The number of aromatic nitrogens is 3. The Labute approximate surface area is 289 Å². The van der Waals surface area contributed by atoms with Crippen LogP contribution in [0.1, 0.15) is 29.4 Å². The zero-order chi connectivity index (χ0) is 35.9. The number of para-hydroxylation sites is 1. The predicted molar refractivity (Wildman–Crippen MR) is 186 cm³/mol. The van der Waals surface area contributed by atoms with E-state index in [0.717, 1.165) is 22.0 Å². The van der Waals surface area contributed by atoms with Gasteiger partial charge in [-0.3, -0.25) is 28.5 Å². The Kier molecular flexibility index (Phi) is 11.1. The number of fused-ring (bicyclic) bond motifs is 1. The van der Waals surface area contributed by atoms with E-state index >= 15 is 0 Å². The van der Waals surface area contributed by atoms with Gasteiger partial charge in [-0.25, -0.2) is 4.79 Å². The van der Waals surface area contributed by atoms with E-state index in [1.807, 2.05) is 54.6 Å². The van der Waals surface area contributed by atoms with E-state index in [-0.39, 0.29) is 32.5 Å². The van der Waals surface area contributed by atoms with E-state index in [0.29, 0.717) is 11.4 Å². The van der Waals surface area contributed by atoms with Crippen molar-refractivity contribution in [2.24, 2.45) is 0 Å². The van der Waals surface area contributed by atoms with Crippen molar-refractivity contribution in [3.63, 3.8) is 0 Å². The van der Waals surface area contributed by atoms with Crippen LogP contribution < -0.4 is 21.6 Å². The molecule has 4 aromatic rings. The van der Waals surface area contributed by atoms with Gasteiger partial charge in [-0.15, -0.1) is 0 Å². The molecule has 0 spiro atoms. The zero-order valence-corrected chi connectivity index (χ0v) is 28.6. The quantitative estimate of drug-likeness (QED) is 0.230. The fourth-order valence-electron chi connectivity index (χ4n) is 6.03. The molecule has 0 unspecified atom stereocenters. The normalized spacial score (nSPS) is 19.7. The molecule has 5 rings (SSSR count). The number of nitrogens with one attached hydrogen (secondary N) is 4. The Morgan fingerprint density at radius 3 is 2.36 bits per heavy atom. The van der Waals surface area contributed by atoms with Crippen LogP contribution in [0.5, 0.6) is 0 Å². The minimum absolute atomic E-state index is 0.0494. The first-order valence-corrected chi connectivity index (χ1v) is 16.5. The average molecular weight is 683 g/mol. The number of nitrogens with zero attached hydrogens (tertiary/aromatic N) is 4. The van der Waals surface area contributed by atoms with Crippen molar-refractivity contribution < 1.29 is 24.0 Å². The fraction of sp³-hybridized carbons (Fsp3) is 0.361. The molecule has 1 aliphatic heterocycles. The summed E-state index contributed by atoms with van der Waals surface area (Å²) in [4.78, 5) is 90.7. The molecule has 50 heavy (non-hydrogen) atoms. The topological polar surface area (TPSA) is 179 Å². The van der Waals surface area contributed by atoms with Crippen LogP contribution >= 0.6 is 0 Å². The monoisotopic (exact) mass is 682 g/mol. The molecule has 5 amide bonds. The van der Waals surface area contributed by atoms with Gasteiger partial charge in [0, 0.05) is 61.5 Å². The van der Waals surface area contributed by atoms with Gasteiger partial charge < -0.3 is 30.7 Å². The number of benzene rings is 2. The number of carbonyl (C=O) groups is 5. The minimum Gasteiger partial charge on any atom is -0.361 e. The summed E-state index contributed by atoms with van der Waals surface area (Å²) < 4.78 is 1.21. The predicted octanol–water partition coefficient (Wildman–Crippen LogP) is 0.602. The SMILES string of the molecule is Cc1cc(C)n(CC(=O)N2CCNC(=O)[C@H](Cc3ccccc3)NC(=O)[C@H](C)N(C)C(=O)[C@H](Cc3c[nH]c4ccccc34)NC(=O)C2)c(=O)n1. The van der Waals surface area contributed by atoms with Crippen molar-refractivity contribution in [1.29, 1.82) is 0 Å². The van der Waals surface area contributed by atoms with Crippen molar-refractivity contribution in [2.75, 3.05) is 26.7 Å². The number of rotatable bonds is 6. The number of H-pyrrole nitrogens is 1. The Bertz CT molecular complexity index is 1950. The van der Waals surface area contributed by atoms with Crippen molar-refractivity contribution >= 4 is 40.4 Å². The third-order valence-electron chi connectivity index (χ3n) is 8.96. The summed E-state index contributed by atoms with van der Waals surface area (Å²) in [6, 6.07) is 15.3. The molecule has 14 heteroatoms. The minimum atomic E-state index is -1.10. The Balaban J connectivity index is 1.47. The van der Waals surface area contributed by atoms with Crippen LogP contribution in [-0.4, -0.2) is 98.7 Å². The van der Waals surface area contributed by atoms with Crippen LogP contribution in [0.3, 0.4) is 0 Å². The number of aryl methyl sites for hydroxylation is 2. The van der Waals surface area contributed by atoms with Crippen LogP contribution in [0.2, 0.25) is 0 Å². The lowest BCUT2D eigenvalue weighted by atomic mass is 10.0. The van der Waals surface area contributed by atoms with E-state index in [1.165, 1.54) is 21.4 Å². The smallest absolute Gasteiger partial charge is 0.348 e. The summed E-state index contributed by atoms with van der Waals surface area (Å²) in [5.74, 6) is -2.77. The van der Waals surface area contributed by atoms with Gasteiger partial charge in [-0.1, -0.05) is 48.5 Å². The first-order valence-electron chi connectivity index (χ1n) is 16.5. The molecule has 0 radical (unpaired) electrons. The highest BCUT2D eigenvalue weighted by molar-refractivity contribution is 5.95. The van der Waals surface area contributed by atoms with Gasteiger partial charge in [0.25, 0.3) is 0 Å². The third kappa shape index (κ3) is 8.43. The summed E-state index contributed by atoms with van der Waals surface area (Å²) in [6.45, 7) is 3.93. The highest BCUT2D eigenvalue weighted by atomic mass is 16.2. The molecular weight excluding hydrogens is 640 g/mol. The maximum absolute atomic E-state index is 14.1. The summed E-state index contributed by atoms with van der Waals surface area (Å²) in [5, 5.41) is 9.25. The highest BCUT2D eigenvalue weighted by Crippen LogP contribution is 2.20. The van der Waals surface area contributed by atoms with Crippen LogP contribution in [0.4, 0.5) is 0 Å². The largest absolute Gasteiger partial charge is 0.361 e. The molecule has 1 fully saturated rings. The van der Waals surface area contributed by atoms with Crippen molar-refractivity contribution in [2.45, 2.75) is 58.3 Å². The number of hydrogen-bond acceptors (Lipinski definition) is 7. The molecule has 2 aromatic heterocycles. The maximum Gasteiger partial charge on any atom is 0.348 e. The number of aromatic amines is 1. The average Bonchev–Trinajstić information content (AvgIpc) is 3.50. The zero-order valence-electron chi connectivity index (χ0n) is 28.6.